The fourth-order valence-electron chi connectivity index (χ4n) is 1.50. The van der Waals surface area contributed by atoms with Crippen molar-refractivity contribution in [3.8, 4) is 0 Å². The summed E-state index contributed by atoms with van der Waals surface area (Å²) in [6.07, 6.45) is 7.18. The third-order valence-electron chi connectivity index (χ3n) is 2.14. The quantitative estimate of drug-likeness (QED) is 0.635. The highest BCUT2D eigenvalue weighted by molar-refractivity contribution is 5.41. The monoisotopic (exact) mass is 175 g/mol. The summed E-state index contributed by atoms with van der Waals surface area (Å²) in [6, 6.07) is 0. The average Bonchev–Trinajstić information content (AvgIpc) is 2.41. The molecular weight excluding hydrogens is 158 g/mol. The van der Waals surface area contributed by atoms with Gasteiger partial charge in [0.1, 0.15) is 0 Å². The Morgan fingerprint density at radius 1 is 1.54 bits per heavy atom. The van der Waals surface area contributed by atoms with E-state index >= 15 is 0 Å². The van der Waals surface area contributed by atoms with Crippen molar-refractivity contribution < 1.29 is 0 Å². The second kappa shape index (κ2) is 4.13. The molecule has 70 valence electrons. The summed E-state index contributed by atoms with van der Waals surface area (Å²) in [7, 11) is 0. The Balaban J connectivity index is 2.83. The van der Waals surface area contributed by atoms with Gasteiger partial charge in [-0.2, -0.15) is 0 Å². The van der Waals surface area contributed by atoms with Gasteiger partial charge in [0.15, 0.2) is 0 Å². The zero-order chi connectivity index (χ0) is 9.84. The number of rotatable bonds is 2. The Hall–Kier alpha value is -1.24. The fourth-order valence-corrected chi connectivity index (χ4v) is 1.50. The first-order chi connectivity index (χ1) is 6.15. The lowest BCUT2D eigenvalue weighted by Crippen LogP contribution is -2.05. The topological polar surface area (TPSA) is 12.0 Å². The molecule has 0 aliphatic carbocycles. The maximum absolute atomic E-state index is 3.92. The van der Waals surface area contributed by atoms with Crippen LogP contribution in [0.4, 0.5) is 0 Å². The van der Waals surface area contributed by atoms with Crippen LogP contribution in [0.2, 0.25) is 0 Å². The van der Waals surface area contributed by atoms with E-state index in [9.17, 15) is 0 Å². The first-order valence-electron chi connectivity index (χ1n) is 4.59. The Morgan fingerprint density at radius 3 is 2.69 bits per heavy atom. The van der Waals surface area contributed by atoms with E-state index in [2.05, 4.69) is 37.9 Å². The van der Waals surface area contributed by atoms with Gasteiger partial charge in [-0.3, -0.25) is 0 Å². The third-order valence-corrected chi connectivity index (χ3v) is 2.14. The molecule has 13 heavy (non-hydrogen) atoms. The first-order valence-corrected chi connectivity index (χ1v) is 4.59. The first kappa shape index (κ1) is 9.85. The van der Waals surface area contributed by atoms with Gasteiger partial charge in [0.05, 0.1) is 0 Å². The number of nitrogens with one attached hydrogen (secondary N) is 1. The molecular formula is C12H17N. The van der Waals surface area contributed by atoms with Crippen LogP contribution < -0.4 is 5.32 Å². The predicted octanol–water partition coefficient (Wildman–Crippen LogP) is 3.29. The van der Waals surface area contributed by atoms with Gasteiger partial charge in [-0.25, -0.2) is 0 Å². The Kier molecular flexibility index (Phi) is 3.13. The van der Waals surface area contributed by atoms with E-state index in [-0.39, 0.29) is 0 Å². The summed E-state index contributed by atoms with van der Waals surface area (Å²) in [6.45, 7) is 10.2. The van der Waals surface area contributed by atoms with Crippen molar-refractivity contribution in [2.45, 2.75) is 27.2 Å². The molecule has 1 rings (SSSR count). The van der Waals surface area contributed by atoms with E-state index in [0.29, 0.717) is 0 Å². The lowest BCUT2D eigenvalue weighted by Gasteiger charge is -2.04. The molecule has 0 unspecified atom stereocenters. The van der Waals surface area contributed by atoms with Gasteiger partial charge in [0, 0.05) is 17.8 Å². The van der Waals surface area contributed by atoms with Crippen molar-refractivity contribution in [2.75, 3.05) is 0 Å². The van der Waals surface area contributed by atoms with Gasteiger partial charge in [-0.1, -0.05) is 24.8 Å². The summed E-state index contributed by atoms with van der Waals surface area (Å²) in [5.41, 5.74) is 4.99. The molecule has 0 bridgehead atoms. The van der Waals surface area contributed by atoms with Gasteiger partial charge in [0.25, 0.3) is 0 Å². The largest absolute Gasteiger partial charge is 0.359 e. The second-order valence-corrected chi connectivity index (χ2v) is 3.44. The highest BCUT2D eigenvalue weighted by Crippen LogP contribution is 2.24. The SMILES string of the molecule is C=C1CC(C)=C(/C(C)=C\C=C/C)N1. The normalized spacial score (nSPS) is 18.7. The summed E-state index contributed by atoms with van der Waals surface area (Å²) >= 11 is 0. The minimum Gasteiger partial charge on any atom is -0.359 e. The standard InChI is InChI=1S/C12H17N/c1-5-6-7-9(2)12-10(3)8-11(4)13-12/h5-7,13H,4,8H2,1-3H3/b6-5-,9-7-. The van der Waals surface area contributed by atoms with Gasteiger partial charge in [-0.15, -0.1) is 0 Å². The summed E-state index contributed by atoms with van der Waals surface area (Å²) in [5.74, 6) is 0. The zero-order valence-corrected chi connectivity index (χ0v) is 8.65. The molecule has 1 N–H and O–H groups in total. The molecule has 1 heterocycles. The molecule has 1 aliphatic heterocycles. The molecule has 0 saturated carbocycles. The molecule has 0 spiro atoms. The van der Waals surface area contributed by atoms with Crippen LogP contribution in [0, 0.1) is 0 Å². The maximum atomic E-state index is 3.92. The van der Waals surface area contributed by atoms with Crippen molar-refractivity contribution in [3.05, 3.63) is 47.3 Å². The zero-order valence-electron chi connectivity index (χ0n) is 8.65. The molecule has 0 saturated heterocycles. The molecule has 1 aliphatic rings. The van der Waals surface area contributed by atoms with Crippen molar-refractivity contribution >= 4 is 0 Å². The van der Waals surface area contributed by atoms with Crippen LogP contribution in [-0.4, -0.2) is 0 Å². The van der Waals surface area contributed by atoms with Crippen molar-refractivity contribution in [1.82, 2.24) is 5.32 Å². The van der Waals surface area contributed by atoms with Crippen molar-refractivity contribution in [3.63, 3.8) is 0 Å². The Labute approximate surface area is 80.5 Å². The fraction of sp³-hybridized carbons (Fsp3) is 0.333. The van der Waals surface area contributed by atoms with Gasteiger partial charge < -0.3 is 5.32 Å². The third kappa shape index (κ3) is 2.35. The Morgan fingerprint density at radius 2 is 2.23 bits per heavy atom. The molecule has 0 aromatic heterocycles. The van der Waals surface area contributed by atoms with Crippen LogP contribution in [-0.2, 0) is 0 Å². The van der Waals surface area contributed by atoms with E-state index < -0.39 is 0 Å². The molecule has 0 aromatic rings. The van der Waals surface area contributed by atoms with Crippen LogP contribution in [0.1, 0.15) is 27.2 Å². The van der Waals surface area contributed by atoms with Gasteiger partial charge >= 0.3 is 0 Å². The van der Waals surface area contributed by atoms with Crippen LogP contribution in [0.3, 0.4) is 0 Å². The van der Waals surface area contributed by atoms with E-state index in [0.717, 1.165) is 12.1 Å². The smallest absolute Gasteiger partial charge is 0.0404 e. The predicted molar refractivity (Wildman–Crippen MR) is 58.2 cm³/mol. The van der Waals surface area contributed by atoms with Crippen LogP contribution in [0.15, 0.2) is 47.3 Å². The highest BCUT2D eigenvalue weighted by atomic mass is 14.9. The molecule has 1 nitrogen and oxygen atoms in total. The molecule has 1 heteroatoms. The van der Waals surface area contributed by atoms with Crippen LogP contribution in [0.25, 0.3) is 0 Å². The summed E-state index contributed by atoms with van der Waals surface area (Å²) in [4.78, 5) is 0. The van der Waals surface area contributed by atoms with Gasteiger partial charge in [0.2, 0.25) is 0 Å². The van der Waals surface area contributed by atoms with Crippen LogP contribution >= 0.6 is 0 Å². The lowest BCUT2D eigenvalue weighted by atomic mass is 10.1. The van der Waals surface area contributed by atoms with Crippen LogP contribution in [0.5, 0.6) is 0 Å². The minimum absolute atomic E-state index is 0.982. The minimum atomic E-state index is 0.982. The van der Waals surface area contributed by atoms with E-state index in [1.165, 1.54) is 16.8 Å². The molecule has 0 aromatic carbocycles. The summed E-state index contributed by atoms with van der Waals surface area (Å²) < 4.78 is 0. The van der Waals surface area contributed by atoms with Gasteiger partial charge in [-0.05, 0) is 31.9 Å². The molecule has 0 atom stereocenters. The van der Waals surface area contributed by atoms with E-state index in [4.69, 9.17) is 0 Å². The lowest BCUT2D eigenvalue weighted by molar-refractivity contribution is 1.02. The molecule has 0 amide bonds. The van der Waals surface area contributed by atoms with Crippen molar-refractivity contribution in [2.24, 2.45) is 0 Å². The Bertz CT molecular complexity index is 303. The maximum Gasteiger partial charge on any atom is 0.0404 e. The second-order valence-electron chi connectivity index (χ2n) is 3.44. The average molecular weight is 175 g/mol. The highest BCUT2D eigenvalue weighted by Gasteiger charge is 2.13. The number of hydrogen-bond donors (Lipinski definition) is 1. The number of hydrogen-bond acceptors (Lipinski definition) is 1. The van der Waals surface area contributed by atoms with Crippen molar-refractivity contribution in [1.29, 1.82) is 0 Å². The molecule has 0 fully saturated rings. The number of allylic oxidation sites excluding steroid dienone is 5. The van der Waals surface area contributed by atoms with E-state index in [1.807, 2.05) is 13.0 Å². The van der Waals surface area contributed by atoms with E-state index in [1.54, 1.807) is 0 Å². The molecule has 0 radical (unpaired) electrons. The summed E-state index contributed by atoms with van der Waals surface area (Å²) in [5, 5.41) is 3.30.